The summed E-state index contributed by atoms with van der Waals surface area (Å²) in [5, 5.41) is 0. The summed E-state index contributed by atoms with van der Waals surface area (Å²) < 4.78 is 12.5. The lowest BCUT2D eigenvalue weighted by Crippen LogP contribution is -2.46. The molecular formula is C19H24BNO2. The Hall–Kier alpha value is -1.62. The van der Waals surface area contributed by atoms with Crippen molar-refractivity contribution in [2.24, 2.45) is 5.73 Å². The summed E-state index contributed by atoms with van der Waals surface area (Å²) in [6.45, 7) is 6.25. The minimum Gasteiger partial charge on any atom is -0.399 e. The summed E-state index contributed by atoms with van der Waals surface area (Å²) in [6, 6.07) is 20.1. The SMILES string of the molecule is CC1(C)OB(c2ccccc2)OC1(C)CC(N)c1ccccc1. The van der Waals surface area contributed by atoms with Crippen molar-refractivity contribution < 1.29 is 9.31 Å². The van der Waals surface area contributed by atoms with Crippen LogP contribution >= 0.6 is 0 Å². The first kappa shape index (κ1) is 16.3. The van der Waals surface area contributed by atoms with Gasteiger partial charge in [-0.3, -0.25) is 0 Å². The van der Waals surface area contributed by atoms with Crippen molar-refractivity contribution in [3.05, 3.63) is 66.2 Å². The van der Waals surface area contributed by atoms with E-state index in [1.165, 1.54) is 0 Å². The highest BCUT2D eigenvalue weighted by atomic mass is 16.7. The van der Waals surface area contributed by atoms with E-state index in [1.807, 2.05) is 48.5 Å². The van der Waals surface area contributed by atoms with Crippen molar-refractivity contribution in [2.45, 2.75) is 44.4 Å². The van der Waals surface area contributed by atoms with Gasteiger partial charge in [0, 0.05) is 6.04 Å². The molecule has 0 bridgehead atoms. The van der Waals surface area contributed by atoms with Gasteiger partial charge in [0.2, 0.25) is 0 Å². The van der Waals surface area contributed by atoms with Crippen LogP contribution in [-0.2, 0) is 9.31 Å². The summed E-state index contributed by atoms with van der Waals surface area (Å²) in [7, 11) is -0.348. The molecule has 1 heterocycles. The van der Waals surface area contributed by atoms with Crippen molar-refractivity contribution in [1.29, 1.82) is 0 Å². The predicted octanol–water partition coefficient (Wildman–Crippen LogP) is 3.06. The number of hydrogen-bond donors (Lipinski definition) is 1. The summed E-state index contributed by atoms with van der Waals surface area (Å²) in [6.07, 6.45) is 0.702. The van der Waals surface area contributed by atoms with Crippen molar-refractivity contribution >= 4 is 12.6 Å². The third-order valence-electron chi connectivity index (χ3n) is 4.95. The van der Waals surface area contributed by atoms with Crippen LogP contribution in [0.4, 0.5) is 0 Å². The van der Waals surface area contributed by atoms with Crippen LogP contribution in [0.15, 0.2) is 60.7 Å². The molecule has 1 fully saturated rings. The Morgan fingerprint density at radius 1 is 0.913 bits per heavy atom. The Labute approximate surface area is 138 Å². The minimum atomic E-state index is -0.456. The highest BCUT2D eigenvalue weighted by molar-refractivity contribution is 6.62. The molecule has 0 aliphatic carbocycles. The molecule has 4 heteroatoms. The molecule has 0 aromatic heterocycles. The van der Waals surface area contributed by atoms with Crippen molar-refractivity contribution in [1.82, 2.24) is 0 Å². The monoisotopic (exact) mass is 309 g/mol. The van der Waals surface area contributed by atoms with Gasteiger partial charge in [0.15, 0.2) is 0 Å². The van der Waals surface area contributed by atoms with Gasteiger partial charge in [-0.2, -0.15) is 0 Å². The van der Waals surface area contributed by atoms with Gasteiger partial charge < -0.3 is 15.0 Å². The first-order chi connectivity index (χ1) is 10.9. The van der Waals surface area contributed by atoms with E-state index in [-0.39, 0.29) is 13.2 Å². The van der Waals surface area contributed by atoms with E-state index in [4.69, 9.17) is 15.0 Å². The molecule has 2 atom stereocenters. The van der Waals surface area contributed by atoms with E-state index in [9.17, 15) is 0 Å². The van der Waals surface area contributed by atoms with Gasteiger partial charge >= 0.3 is 7.12 Å². The Morgan fingerprint density at radius 2 is 1.48 bits per heavy atom. The molecule has 3 rings (SSSR count). The first-order valence-corrected chi connectivity index (χ1v) is 8.12. The fourth-order valence-electron chi connectivity index (χ4n) is 3.07. The predicted molar refractivity (Wildman–Crippen MR) is 94.5 cm³/mol. The molecule has 2 N–H and O–H groups in total. The molecule has 0 saturated carbocycles. The molecule has 23 heavy (non-hydrogen) atoms. The molecule has 120 valence electrons. The maximum Gasteiger partial charge on any atom is 0.494 e. The highest BCUT2D eigenvalue weighted by Gasteiger charge is 2.54. The zero-order valence-electron chi connectivity index (χ0n) is 14.0. The topological polar surface area (TPSA) is 44.5 Å². The molecule has 1 saturated heterocycles. The Kier molecular flexibility index (Phi) is 4.32. The largest absolute Gasteiger partial charge is 0.494 e. The van der Waals surface area contributed by atoms with Crippen LogP contribution in [0.3, 0.4) is 0 Å². The van der Waals surface area contributed by atoms with Gasteiger partial charge in [-0.15, -0.1) is 0 Å². The van der Waals surface area contributed by atoms with Gasteiger partial charge in [0.05, 0.1) is 11.2 Å². The van der Waals surface area contributed by atoms with E-state index in [2.05, 4.69) is 32.9 Å². The van der Waals surface area contributed by atoms with Crippen LogP contribution in [0.1, 0.15) is 38.8 Å². The van der Waals surface area contributed by atoms with E-state index in [0.717, 1.165) is 11.0 Å². The third-order valence-corrected chi connectivity index (χ3v) is 4.95. The van der Waals surface area contributed by atoms with Crippen LogP contribution in [0, 0.1) is 0 Å². The Morgan fingerprint density at radius 3 is 2.09 bits per heavy atom. The maximum absolute atomic E-state index is 6.43. The third kappa shape index (κ3) is 3.20. The fourth-order valence-corrected chi connectivity index (χ4v) is 3.07. The quantitative estimate of drug-likeness (QED) is 0.883. The zero-order chi connectivity index (χ0) is 16.5. The average molecular weight is 309 g/mol. The van der Waals surface area contributed by atoms with Gasteiger partial charge in [-0.05, 0) is 38.2 Å². The lowest BCUT2D eigenvalue weighted by molar-refractivity contribution is -0.0202. The zero-order valence-corrected chi connectivity index (χ0v) is 14.0. The highest BCUT2D eigenvalue weighted by Crippen LogP contribution is 2.42. The molecule has 0 radical (unpaired) electrons. The average Bonchev–Trinajstić information content (AvgIpc) is 2.79. The molecule has 1 aliphatic heterocycles. The van der Waals surface area contributed by atoms with Crippen LogP contribution in [0.25, 0.3) is 0 Å². The molecule has 2 aromatic rings. The lowest BCUT2D eigenvalue weighted by Gasteiger charge is -2.38. The standard InChI is InChI=1S/C19H24BNO2/c1-18(2)19(3,14-17(21)15-10-6-4-7-11-15)23-20(22-18)16-12-8-5-9-13-16/h4-13,17H,14,21H2,1-3H3. The summed E-state index contributed by atoms with van der Waals surface area (Å²) in [5.41, 5.74) is 7.72. The molecule has 1 aliphatic rings. The fraction of sp³-hybridized carbons (Fsp3) is 0.368. The Bertz CT molecular complexity index is 647. The second-order valence-corrected chi connectivity index (χ2v) is 6.94. The number of benzene rings is 2. The Balaban J connectivity index is 1.80. The maximum atomic E-state index is 6.43. The number of rotatable bonds is 4. The van der Waals surface area contributed by atoms with E-state index in [1.54, 1.807) is 0 Å². The first-order valence-electron chi connectivity index (χ1n) is 8.12. The summed E-state index contributed by atoms with van der Waals surface area (Å²) in [4.78, 5) is 0. The number of nitrogens with two attached hydrogens (primary N) is 1. The number of hydrogen-bond acceptors (Lipinski definition) is 3. The second kappa shape index (κ2) is 6.12. The van der Waals surface area contributed by atoms with Crippen LogP contribution in [-0.4, -0.2) is 18.3 Å². The summed E-state index contributed by atoms with van der Waals surface area (Å²) in [5.74, 6) is 0. The van der Waals surface area contributed by atoms with Crippen molar-refractivity contribution in [2.75, 3.05) is 0 Å². The lowest BCUT2D eigenvalue weighted by atomic mass is 9.79. The molecule has 0 amide bonds. The van der Waals surface area contributed by atoms with Crippen LogP contribution < -0.4 is 11.2 Å². The van der Waals surface area contributed by atoms with Gasteiger partial charge in [-0.25, -0.2) is 0 Å². The van der Waals surface area contributed by atoms with Crippen LogP contribution in [0.2, 0.25) is 0 Å². The van der Waals surface area contributed by atoms with Crippen molar-refractivity contribution in [3.63, 3.8) is 0 Å². The van der Waals surface area contributed by atoms with Gasteiger partial charge in [0.1, 0.15) is 0 Å². The molecule has 0 spiro atoms. The smallest absolute Gasteiger partial charge is 0.399 e. The van der Waals surface area contributed by atoms with Crippen LogP contribution in [0.5, 0.6) is 0 Å². The molecule has 3 nitrogen and oxygen atoms in total. The normalized spacial score (nSPS) is 24.6. The molecular weight excluding hydrogens is 285 g/mol. The van der Waals surface area contributed by atoms with E-state index < -0.39 is 11.2 Å². The molecule has 2 unspecified atom stereocenters. The van der Waals surface area contributed by atoms with Gasteiger partial charge in [-0.1, -0.05) is 60.7 Å². The molecule has 2 aromatic carbocycles. The van der Waals surface area contributed by atoms with Gasteiger partial charge in [0.25, 0.3) is 0 Å². The summed E-state index contributed by atoms with van der Waals surface area (Å²) >= 11 is 0. The van der Waals surface area contributed by atoms with Crippen molar-refractivity contribution in [3.8, 4) is 0 Å². The minimum absolute atomic E-state index is 0.0846. The second-order valence-electron chi connectivity index (χ2n) is 6.94. The van der Waals surface area contributed by atoms with E-state index in [0.29, 0.717) is 6.42 Å². The van der Waals surface area contributed by atoms with E-state index >= 15 is 0 Å².